The fourth-order valence-electron chi connectivity index (χ4n) is 1.87. The zero-order valence-corrected chi connectivity index (χ0v) is 13.3. The maximum absolute atomic E-state index is 11.5. The first-order valence-corrected chi connectivity index (χ1v) is 7.96. The van der Waals surface area contributed by atoms with E-state index in [1.165, 1.54) is 16.2 Å². The van der Waals surface area contributed by atoms with Crippen LogP contribution in [0.1, 0.15) is 41.0 Å². The Bertz CT molecular complexity index is 558. The second-order valence-corrected chi connectivity index (χ2v) is 6.78. The molecule has 0 aromatic carbocycles. The predicted molar refractivity (Wildman–Crippen MR) is 82.5 cm³/mol. The largest absolute Gasteiger partial charge is 0.341 e. The molecule has 0 atom stereocenters. The lowest BCUT2D eigenvalue weighted by molar-refractivity contribution is 0.102. The number of aromatic nitrogens is 1. The molecular weight excluding hydrogens is 276 g/mol. The molecule has 0 bridgehead atoms. The zero-order valence-electron chi connectivity index (χ0n) is 11.6. The van der Waals surface area contributed by atoms with Gasteiger partial charge in [-0.15, -0.1) is 11.3 Å². The Labute approximate surface area is 121 Å². The third kappa shape index (κ3) is 3.22. The lowest BCUT2D eigenvalue weighted by Gasteiger charge is -2.25. The number of thiazole rings is 1. The van der Waals surface area contributed by atoms with E-state index >= 15 is 0 Å². The minimum atomic E-state index is 0.0982. The number of hydrogen-bond acceptors (Lipinski definition) is 5. The van der Waals surface area contributed by atoms with Crippen LogP contribution in [-0.4, -0.2) is 16.8 Å². The Morgan fingerprint density at radius 1 is 1.47 bits per heavy atom. The van der Waals surface area contributed by atoms with E-state index in [1.54, 1.807) is 18.3 Å². The monoisotopic (exact) mass is 294 g/mol. The van der Waals surface area contributed by atoms with Gasteiger partial charge in [-0.25, -0.2) is 4.98 Å². The van der Waals surface area contributed by atoms with Gasteiger partial charge >= 0.3 is 0 Å². The molecule has 19 heavy (non-hydrogen) atoms. The minimum Gasteiger partial charge on any atom is -0.341 e. The van der Waals surface area contributed by atoms with Gasteiger partial charge in [-0.1, -0.05) is 17.4 Å². The minimum absolute atomic E-state index is 0.0982. The molecule has 102 valence electrons. The van der Waals surface area contributed by atoms with Crippen molar-refractivity contribution in [3.8, 4) is 0 Å². The highest BCUT2D eigenvalue weighted by molar-refractivity contribution is 7.17. The molecule has 2 rings (SSSR count). The summed E-state index contributed by atoms with van der Waals surface area (Å²) in [6.45, 7) is 8.65. The van der Waals surface area contributed by atoms with Crippen molar-refractivity contribution in [2.45, 2.75) is 40.3 Å². The van der Waals surface area contributed by atoms with Gasteiger partial charge < -0.3 is 4.90 Å². The van der Waals surface area contributed by atoms with Crippen LogP contribution in [-0.2, 0) is 6.54 Å². The van der Waals surface area contributed by atoms with Crippen LogP contribution in [0, 0.1) is 6.92 Å². The van der Waals surface area contributed by atoms with E-state index in [0.29, 0.717) is 6.04 Å². The summed E-state index contributed by atoms with van der Waals surface area (Å²) in [7, 11) is 0. The Morgan fingerprint density at radius 3 is 2.68 bits per heavy atom. The first-order chi connectivity index (χ1) is 8.99. The third-order valence-corrected chi connectivity index (χ3v) is 5.04. The Balaban J connectivity index is 2.29. The quantitative estimate of drug-likeness (QED) is 0.777. The molecule has 0 saturated carbocycles. The van der Waals surface area contributed by atoms with Crippen LogP contribution in [0.3, 0.4) is 0 Å². The van der Waals surface area contributed by atoms with Crippen LogP contribution in [0.5, 0.6) is 0 Å². The average molecular weight is 294 g/mol. The molecule has 0 N–H and O–H groups in total. The Morgan fingerprint density at radius 2 is 2.21 bits per heavy atom. The van der Waals surface area contributed by atoms with Crippen LogP contribution in [0.4, 0.5) is 5.13 Å². The third-order valence-electron chi connectivity index (χ3n) is 2.88. The molecule has 0 fully saturated rings. The van der Waals surface area contributed by atoms with E-state index in [0.717, 1.165) is 22.2 Å². The van der Waals surface area contributed by atoms with E-state index in [2.05, 4.69) is 41.2 Å². The summed E-state index contributed by atoms with van der Waals surface area (Å²) in [5.74, 6) is 0.0982. The van der Waals surface area contributed by atoms with E-state index in [9.17, 15) is 4.79 Å². The Kier molecular flexibility index (Phi) is 4.37. The van der Waals surface area contributed by atoms with Gasteiger partial charge in [0.1, 0.15) is 0 Å². The predicted octanol–water partition coefficient (Wildman–Crippen LogP) is 4.13. The van der Waals surface area contributed by atoms with Crippen molar-refractivity contribution >= 4 is 33.6 Å². The number of carbonyl (C=O) groups is 1. The fraction of sp³-hybridized carbons (Fsp3) is 0.429. The standard InChI is InChI=1S/C14H18N2OS2/c1-9(2)16(8-12-6-5-7-18-12)14-15-10(3)13(19-14)11(4)17/h5-7,9H,8H2,1-4H3. The SMILES string of the molecule is CC(=O)c1sc(N(Cc2cccs2)C(C)C)nc1C. The van der Waals surface area contributed by atoms with Crippen LogP contribution in [0.15, 0.2) is 17.5 Å². The van der Waals surface area contributed by atoms with Crippen molar-refractivity contribution in [1.82, 2.24) is 4.98 Å². The maximum Gasteiger partial charge on any atom is 0.186 e. The highest BCUT2D eigenvalue weighted by Crippen LogP contribution is 2.29. The molecule has 0 unspecified atom stereocenters. The molecule has 3 nitrogen and oxygen atoms in total. The topological polar surface area (TPSA) is 33.2 Å². The summed E-state index contributed by atoms with van der Waals surface area (Å²) >= 11 is 3.24. The number of anilines is 1. The van der Waals surface area contributed by atoms with Crippen molar-refractivity contribution < 1.29 is 4.79 Å². The van der Waals surface area contributed by atoms with Crippen LogP contribution < -0.4 is 4.90 Å². The number of nitrogens with zero attached hydrogens (tertiary/aromatic N) is 2. The van der Waals surface area contributed by atoms with E-state index in [1.807, 2.05) is 6.92 Å². The Hall–Kier alpha value is -1.20. The highest BCUT2D eigenvalue weighted by atomic mass is 32.1. The first-order valence-electron chi connectivity index (χ1n) is 6.26. The smallest absolute Gasteiger partial charge is 0.186 e. The fourth-order valence-corrected chi connectivity index (χ4v) is 3.67. The number of rotatable bonds is 5. The number of hydrogen-bond donors (Lipinski definition) is 0. The summed E-state index contributed by atoms with van der Waals surface area (Å²) in [5.41, 5.74) is 0.837. The number of Topliss-reactive ketones (excluding diaryl/α,β-unsaturated/α-hetero) is 1. The summed E-state index contributed by atoms with van der Waals surface area (Å²) in [6.07, 6.45) is 0. The average Bonchev–Trinajstić information content (AvgIpc) is 2.94. The molecule has 0 saturated heterocycles. The van der Waals surface area contributed by atoms with Gasteiger partial charge in [0, 0.05) is 17.8 Å². The van der Waals surface area contributed by atoms with Crippen molar-refractivity contribution in [3.63, 3.8) is 0 Å². The molecule has 0 aliphatic carbocycles. The summed E-state index contributed by atoms with van der Waals surface area (Å²) in [4.78, 5) is 20.4. The highest BCUT2D eigenvalue weighted by Gasteiger charge is 2.19. The summed E-state index contributed by atoms with van der Waals surface area (Å²) in [6, 6.07) is 4.55. The number of thiophene rings is 1. The van der Waals surface area contributed by atoms with Crippen molar-refractivity contribution in [1.29, 1.82) is 0 Å². The van der Waals surface area contributed by atoms with Gasteiger partial charge in [-0.2, -0.15) is 0 Å². The number of carbonyl (C=O) groups excluding carboxylic acids is 1. The molecule has 2 aromatic heterocycles. The van der Waals surface area contributed by atoms with Gasteiger partial charge in [0.15, 0.2) is 10.9 Å². The van der Waals surface area contributed by atoms with Crippen LogP contribution in [0.25, 0.3) is 0 Å². The van der Waals surface area contributed by atoms with Gasteiger partial charge in [0.05, 0.1) is 17.1 Å². The van der Waals surface area contributed by atoms with E-state index < -0.39 is 0 Å². The van der Waals surface area contributed by atoms with E-state index in [4.69, 9.17) is 0 Å². The van der Waals surface area contributed by atoms with Gasteiger partial charge in [-0.3, -0.25) is 4.79 Å². The van der Waals surface area contributed by atoms with Crippen LogP contribution in [0.2, 0.25) is 0 Å². The number of ketones is 1. The normalized spacial score (nSPS) is 11.0. The van der Waals surface area contributed by atoms with Crippen LogP contribution >= 0.6 is 22.7 Å². The van der Waals surface area contributed by atoms with Crippen molar-refractivity contribution in [2.24, 2.45) is 0 Å². The summed E-state index contributed by atoms with van der Waals surface area (Å²) < 4.78 is 0. The summed E-state index contributed by atoms with van der Waals surface area (Å²) in [5, 5.41) is 3.02. The molecule has 2 heterocycles. The van der Waals surface area contributed by atoms with E-state index in [-0.39, 0.29) is 5.78 Å². The molecule has 0 aliphatic rings. The molecule has 5 heteroatoms. The lowest BCUT2D eigenvalue weighted by atomic mass is 10.3. The van der Waals surface area contributed by atoms with Gasteiger partial charge in [0.25, 0.3) is 0 Å². The van der Waals surface area contributed by atoms with Gasteiger partial charge in [-0.05, 0) is 32.2 Å². The maximum atomic E-state index is 11.5. The second-order valence-electron chi connectivity index (χ2n) is 4.77. The van der Waals surface area contributed by atoms with Crippen molar-refractivity contribution in [3.05, 3.63) is 33.0 Å². The first kappa shape index (κ1) is 14.2. The zero-order chi connectivity index (χ0) is 14.0. The lowest BCUT2D eigenvalue weighted by Crippen LogP contribution is -2.29. The van der Waals surface area contributed by atoms with Crippen molar-refractivity contribution in [2.75, 3.05) is 4.90 Å². The molecule has 0 aliphatic heterocycles. The molecule has 0 amide bonds. The number of aryl methyl sites for hydroxylation is 1. The van der Waals surface area contributed by atoms with Gasteiger partial charge in [0.2, 0.25) is 0 Å². The molecule has 2 aromatic rings. The molecular formula is C14H18N2OS2. The molecule has 0 radical (unpaired) electrons. The second kappa shape index (κ2) is 5.84. The molecule has 0 spiro atoms.